The number of β-lactam (4-membered cyclic amide) rings is 1. The molecule has 2 saturated heterocycles. The molecule has 1 aromatic heterocycles. The van der Waals surface area contributed by atoms with Gasteiger partial charge in [0, 0.05) is 23.2 Å². The third-order valence-electron chi connectivity index (χ3n) is 5.47. The number of anilines is 1. The molecule has 34 heavy (non-hydrogen) atoms. The van der Waals surface area contributed by atoms with Crippen LogP contribution < -0.4 is 11.1 Å². The average molecular weight is 506 g/mol. The molecular formula is C21H20FN5O5S2. The van der Waals surface area contributed by atoms with Gasteiger partial charge in [-0.15, -0.1) is 23.1 Å². The summed E-state index contributed by atoms with van der Waals surface area (Å²) in [5.41, 5.74) is 4.56. The van der Waals surface area contributed by atoms with Crippen LogP contribution in [0.3, 0.4) is 0 Å². The van der Waals surface area contributed by atoms with E-state index in [4.69, 9.17) is 10.6 Å². The fraction of sp³-hybridized carbons (Fsp3) is 0.286. The highest BCUT2D eigenvalue weighted by Gasteiger charge is 2.56. The number of halogens is 1. The first-order valence-corrected chi connectivity index (χ1v) is 11.9. The van der Waals surface area contributed by atoms with Crippen molar-refractivity contribution in [1.29, 1.82) is 0 Å². The van der Waals surface area contributed by atoms with E-state index in [-0.39, 0.29) is 34.4 Å². The van der Waals surface area contributed by atoms with Crippen molar-refractivity contribution in [1.82, 2.24) is 15.2 Å². The molecule has 0 saturated carbocycles. The first-order valence-electron chi connectivity index (χ1n) is 9.98. The van der Waals surface area contributed by atoms with Gasteiger partial charge in [0.25, 0.3) is 5.91 Å². The van der Waals surface area contributed by atoms with Crippen molar-refractivity contribution in [3.8, 4) is 0 Å². The van der Waals surface area contributed by atoms with Crippen LogP contribution in [-0.2, 0) is 19.2 Å². The summed E-state index contributed by atoms with van der Waals surface area (Å²) in [6.07, 6.45) is 2.84. The van der Waals surface area contributed by atoms with Crippen LogP contribution in [0, 0.1) is 11.2 Å². The summed E-state index contributed by atoms with van der Waals surface area (Å²) in [4.78, 5) is 47.9. The Kier molecular flexibility index (Phi) is 6.57. The van der Waals surface area contributed by atoms with Gasteiger partial charge in [0.15, 0.2) is 10.8 Å². The molecule has 2 aliphatic heterocycles. The number of nitrogens with two attached hydrogens (primary N) is 1. The van der Waals surface area contributed by atoms with E-state index >= 15 is 0 Å². The highest BCUT2D eigenvalue weighted by atomic mass is 32.2. The fourth-order valence-electron chi connectivity index (χ4n) is 3.66. The molecule has 13 heteroatoms. The normalized spacial score (nSPS) is 24.5. The third-order valence-corrected chi connectivity index (χ3v) is 7.69. The topological polar surface area (TPSA) is 147 Å². The summed E-state index contributed by atoms with van der Waals surface area (Å²) in [6, 6.07) is 5.15. The van der Waals surface area contributed by atoms with Crippen LogP contribution in [-0.4, -0.2) is 69.3 Å². The van der Waals surface area contributed by atoms with Gasteiger partial charge >= 0.3 is 5.97 Å². The summed E-state index contributed by atoms with van der Waals surface area (Å²) in [5, 5.41) is 17.6. The molecule has 4 rings (SSSR count). The van der Waals surface area contributed by atoms with Crippen molar-refractivity contribution in [2.75, 3.05) is 25.1 Å². The molecule has 178 valence electrons. The summed E-state index contributed by atoms with van der Waals surface area (Å²) < 4.78 is 14.0. The molecule has 2 aliphatic rings. The smallest absolute Gasteiger partial charge is 0.316 e. The first kappa shape index (κ1) is 23.7. The number of hydrogen-bond acceptors (Lipinski definition) is 9. The molecule has 0 aliphatic carbocycles. The molecule has 2 amide bonds. The number of nitrogens with one attached hydrogen (secondary N) is 1. The van der Waals surface area contributed by atoms with Crippen LogP contribution in [0.2, 0.25) is 0 Å². The van der Waals surface area contributed by atoms with Crippen molar-refractivity contribution >= 4 is 57.8 Å². The third kappa shape index (κ3) is 4.35. The molecule has 0 bridgehead atoms. The van der Waals surface area contributed by atoms with Crippen molar-refractivity contribution in [3.63, 3.8) is 0 Å². The predicted octanol–water partition coefficient (Wildman–Crippen LogP) is 1.40. The lowest BCUT2D eigenvalue weighted by atomic mass is 9.86. The minimum atomic E-state index is -1.39. The van der Waals surface area contributed by atoms with Gasteiger partial charge in [0.2, 0.25) is 5.91 Å². The lowest BCUT2D eigenvalue weighted by molar-refractivity contribution is -0.155. The number of thiazole rings is 1. The Balaban J connectivity index is 1.47. The number of aromatic nitrogens is 1. The lowest BCUT2D eigenvalue weighted by Crippen LogP contribution is -2.73. The Morgan fingerprint density at radius 2 is 2.21 bits per heavy atom. The van der Waals surface area contributed by atoms with Crippen molar-refractivity contribution in [2.24, 2.45) is 10.6 Å². The van der Waals surface area contributed by atoms with Gasteiger partial charge < -0.3 is 25.9 Å². The molecule has 0 spiro atoms. The number of rotatable bonds is 7. The fourth-order valence-corrected chi connectivity index (χ4v) is 5.72. The largest absolute Gasteiger partial charge is 0.481 e. The molecule has 3 heterocycles. The maximum atomic E-state index is 14.0. The number of fused-ring (bicyclic) bond motifs is 1. The van der Waals surface area contributed by atoms with E-state index in [2.05, 4.69) is 15.5 Å². The highest BCUT2D eigenvalue weighted by Crippen LogP contribution is 2.43. The van der Waals surface area contributed by atoms with E-state index in [1.54, 1.807) is 17.5 Å². The van der Waals surface area contributed by atoms with Gasteiger partial charge in [-0.3, -0.25) is 14.4 Å². The number of amides is 2. The van der Waals surface area contributed by atoms with E-state index in [9.17, 15) is 23.9 Å². The number of thioether (sulfide) groups is 1. The van der Waals surface area contributed by atoms with Crippen LogP contribution in [0.15, 0.2) is 40.9 Å². The van der Waals surface area contributed by atoms with Crippen LogP contribution >= 0.6 is 23.1 Å². The summed E-state index contributed by atoms with van der Waals surface area (Å²) in [7, 11) is 1.27. The van der Waals surface area contributed by atoms with Gasteiger partial charge in [-0.25, -0.2) is 9.37 Å². The molecule has 2 unspecified atom stereocenters. The van der Waals surface area contributed by atoms with E-state index in [0.717, 1.165) is 11.3 Å². The van der Waals surface area contributed by atoms with E-state index in [0.29, 0.717) is 0 Å². The highest BCUT2D eigenvalue weighted by molar-refractivity contribution is 8.00. The lowest BCUT2D eigenvalue weighted by Gasteiger charge is -2.53. The number of hydrogen-bond donors (Lipinski definition) is 3. The van der Waals surface area contributed by atoms with Crippen molar-refractivity contribution < 1.29 is 28.7 Å². The molecular weight excluding hydrogens is 485 g/mol. The number of carboxylic acids is 1. The Bertz CT molecular complexity index is 1200. The Hall–Kier alpha value is -3.45. The quantitative estimate of drug-likeness (QED) is 0.291. The monoisotopic (exact) mass is 505 g/mol. The van der Waals surface area contributed by atoms with Crippen LogP contribution in [0.5, 0.6) is 0 Å². The zero-order valence-corrected chi connectivity index (χ0v) is 19.4. The van der Waals surface area contributed by atoms with E-state index in [1.807, 2.05) is 0 Å². The van der Waals surface area contributed by atoms with Gasteiger partial charge in [-0.05, 0) is 6.07 Å². The minimum absolute atomic E-state index is 0.0994. The van der Waals surface area contributed by atoms with Gasteiger partial charge in [-0.1, -0.05) is 35.5 Å². The number of nitrogens with zero attached hydrogens (tertiary/aromatic N) is 3. The number of oxime groups is 1. The Morgan fingerprint density at radius 1 is 1.44 bits per heavy atom. The number of benzene rings is 1. The summed E-state index contributed by atoms with van der Waals surface area (Å²) in [6.45, 7) is -0.0994. The molecule has 1 aromatic carbocycles. The Labute approximate surface area is 201 Å². The summed E-state index contributed by atoms with van der Waals surface area (Å²) >= 11 is 2.35. The molecule has 4 N–H and O–H groups in total. The van der Waals surface area contributed by atoms with Gasteiger partial charge in [0.1, 0.15) is 35.5 Å². The van der Waals surface area contributed by atoms with Gasteiger partial charge in [0.05, 0.1) is 0 Å². The number of carboxylic acid groups (broad SMARTS) is 1. The second kappa shape index (κ2) is 9.43. The zero-order chi connectivity index (χ0) is 24.5. The first-order chi connectivity index (χ1) is 16.3. The number of nitrogen functional groups attached to an aromatic ring is 1. The maximum absolute atomic E-state index is 14.0. The summed E-state index contributed by atoms with van der Waals surface area (Å²) in [5.74, 6) is -2.55. The average Bonchev–Trinajstić information content (AvgIpc) is 3.25. The molecule has 2 aromatic rings. The van der Waals surface area contributed by atoms with Crippen LogP contribution in [0.25, 0.3) is 6.08 Å². The van der Waals surface area contributed by atoms with Crippen LogP contribution in [0.4, 0.5) is 9.52 Å². The second-order valence-electron chi connectivity index (χ2n) is 7.63. The number of carbonyl (C=O) groups is 3. The standard InChI is InChI=1S/C21H20FN5O5S2/c1-32-26-14(13-8-33-20(23)24-13)16(28)25-15-17(29)27-9-21(19(30)31,10-34-18(15)27)7-6-11-4-2-3-5-12(11)22/h2-8,15,18H,9-10H2,1H3,(H2,23,24)(H,25,28)(H,30,31)/t15?,18-,21?/m1/s1. The van der Waals surface area contributed by atoms with E-state index in [1.165, 1.54) is 48.1 Å². The molecule has 10 nitrogen and oxygen atoms in total. The second-order valence-corrected chi connectivity index (χ2v) is 9.62. The van der Waals surface area contributed by atoms with Crippen LogP contribution in [0.1, 0.15) is 11.3 Å². The number of aliphatic carboxylic acids is 1. The van der Waals surface area contributed by atoms with Crippen molar-refractivity contribution in [2.45, 2.75) is 11.4 Å². The zero-order valence-electron chi connectivity index (χ0n) is 17.8. The molecule has 0 radical (unpaired) electrons. The molecule has 2 fully saturated rings. The van der Waals surface area contributed by atoms with Gasteiger partial charge in [-0.2, -0.15) is 0 Å². The SMILES string of the molecule is CON=C(C(=O)NC1C(=O)N2CC(C=Cc3ccccc3F)(C(=O)O)CS[C@H]12)c1csc(N)n1. The molecule has 3 atom stereocenters. The predicted molar refractivity (Wildman–Crippen MR) is 125 cm³/mol. The Morgan fingerprint density at radius 3 is 2.85 bits per heavy atom. The maximum Gasteiger partial charge on any atom is 0.316 e. The van der Waals surface area contributed by atoms with Crippen molar-refractivity contribution in [3.05, 3.63) is 52.8 Å². The minimum Gasteiger partial charge on any atom is -0.481 e. The number of carbonyl (C=O) groups excluding carboxylic acids is 2. The van der Waals surface area contributed by atoms with E-state index < -0.39 is 40.4 Å².